The Balaban J connectivity index is 1.49. The van der Waals surface area contributed by atoms with Gasteiger partial charge in [0.05, 0.1) is 18.8 Å². The summed E-state index contributed by atoms with van der Waals surface area (Å²) < 4.78 is 10.9. The predicted molar refractivity (Wildman–Crippen MR) is 80.2 cm³/mol. The number of hydrogen-bond acceptors (Lipinski definition) is 5. The van der Waals surface area contributed by atoms with Crippen LogP contribution in [0.25, 0.3) is 0 Å². The van der Waals surface area contributed by atoms with Crippen LogP contribution in [-0.4, -0.2) is 41.8 Å². The number of hydrogen-bond donors (Lipinski definition) is 1. The number of carbonyl (C=O) groups excluding carboxylic acids is 1. The first kappa shape index (κ1) is 15.4. The van der Waals surface area contributed by atoms with Crippen LogP contribution in [0.1, 0.15) is 43.2 Å². The first-order valence-corrected chi connectivity index (χ1v) is 8.00. The quantitative estimate of drug-likeness (QED) is 0.827. The van der Waals surface area contributed by atoms with Crippen LogP contribution >= 0.6 is 0 Å². The zero-order valence-electron chi connectivity index (χ0n) is 13.0. The summed E-state index contributed by atoms with van der Waals surface area (Å²) >= 11 is 0. The van der Waals surface area contributed by atoms with Crippen LogP contribution in [0.15, 0.2) is 12.3 Å². The van der Waals surface area contributed by atoms with Gasteiger partial charge >= 0.3 is 0 Å². The summed E-state index contributed by atoms with van der Waals surface area (Å²) in [6, 6.07) is 1.76. The van der Waals surface area contributed by atoms with E-state index in [0.717, 1.165) is 38.0 Å². The summed E-state index contributed by atoms with van der Waals surface area (Å²) in [6.45, 7) is 3.29. The van der Waals surface area contributed by atoms with Crippen molar-refractivity contribution in [2.45, 2.75) is 44.8 Å². The molecule has 1 aliphatic heterocycles. The molecule has 1 N–H and O–H groups in total. The number of carbonyl (C=O) groups is 1. The minimum absolute atomic E-state index is 0.0644. The average Bonchev–Trinajstić information content (AvgIpc) is 3.21. The zero-order valence-corrected chi connectivity index (χ0v) is 13.0. The van der Waals surface area contributed by atoms with Gasteiger partial charge < -0.3 is 14.8 Å². The Hall–Kier alpha value is -1.53. The lowest BCUT2D eigenvalue weighted by molar-refractivity contribution is -0.127. The Labute approximate surface area is 130 Å². The molecule has 0 bridgehead atoms. The van der Waals surface area contributed by atoms with E-state index in [-0.39, 0.29) is 24.7 Å². The third-order valence-corrected chi connectivity index (χ3v) is 4.06. The van der Waals surface area contributed by atoms with Crippen molar-refractivity contribution in [2.75, 3.05) is 19.8 Å². The summed E-state index contributed by atoms with van der Waals surface area (Å²) in [5.74, 6) is 1.04. The molecule has 1 saturated heterocycles. The van der Waals surface area contributed by atoms with Crippen molar-refractivity contribution in [3.8, 4) is 0 Å². The first-order chi connectivity index (χ1) is 10.7. The Morgan fingerprint density at radius 3 is 3.05 bits per heavy atom. The molecule has 0 aromatic carbocycles. The van der Waals surface area contributed by atoms with Crippen molar-refractivity contribution in [3.63, 3.8) is 0 Å². The fourth-order valence-electron chi connectivity index (χ4n) is 2.71. The summed E-state index contributed by atoms with van der Waals surface area (Å²) in [7, 11) is 0. The van der Waals surface area contributed by atoms with Gasteiger partial charge in [0.25, 0.3) is 0 Å². The van der Waals surface area contributed by atoms with Crippen molar-refractivity contribution in [1.82, 2.24) is 15.3 Å². The van der Waals surface area contributed by atoms with Crippen molar-refractivity contribution in [1.29, 1.82) is 0 Å². The predicted octanol–water partition coefficient (Wildman–Crippen LogP) is 1.55. The highest BCUT2D eigenvalue weighted by atomic mass is 16.5. The molecule has 0 spiro atoms. The highest BCUT2D eigenvalue weighted by molar-refractivity contribution is 5.77. The van der Waals surface area contributed by atoms with E-state index < -0.39 is 0 Å². The molecule has 1 saturated carbocycles. The van der Waals surface area contributed by atoms with E-state index in [1.54, 1.807) is 6.20 Å². The van der Waals surface area contributed by atoms with Gasteiger partial charge in [0.15, 0.2) is 5.82 Å². The maximum Gasteiger partial charge on any atom is 0.246 e. The van der Waals surface area contributed by atoms with Crippen molar-refractivity contribution in [2.24, 2.45) is 5.92 Å². The fraction of sp³-hybridized carbons (Fsp3) is 0.688. The molecule has 0 radical (unpaired) electrons. The van der Waals surface area contributed by atoms with E-state index >= 15 is 0 Å². The fourth-order valence-corrected chi connectivity index (χ4v) is 2.71. The zero-order chi connectivity index (χ0) is 15.4. The van der Waals surface area contributed by atoms with Gasteiger partial charge in [0, 0.05) is 18.5 Å². The highest BCUT2D eigenvalue weighted by Gasteiger charge is 2.35. The number of aryl methyl sites for hydroxylation is 1. The molecule has 6 nitrogen and oxygen atoms in total. The normalized spacial score (nSPS) is 22.5. The molecule has 2 heterocycles. The lowest BCUT2D eigenvalue weighted by atomic mass is 10.1. The average molecular weight is 305 g/mol. The lowest BCUT2D eigenvalue weighted by Gasteiger charge is -2.17. The molecule has 3 rings (SSSR count). The van der Waals surface area contributed by atoms with Gasteiger partial charge in [-0.05, 0) is 44.6 Å². The second kappa shape index (κ2) is 7.15. The molecule has 1 aromatic rings. The molecule has 1 amide bonds. The van der Waals surface area contributed by atoms with Gasteiger partial charge in [-0.15, -0.1) is 0 Å². The van der Waals surface area contributed by atoms with Gasteiger partial charge in [0.1, 0.15) is 6.61 Å². The summed E-state index contributed by atoms with van der Waals surface area (Å²) in [5.41, 5.74) is 0.916. The molecule has 6 heteroatoms. The first-order valence-electron chi connectivity index (χ1n) is 8.00. The van der Waals surface area contributed by atoms with Gasteiger partial charge in [-0.1, -0.05) is 0 Å². The molecule has 120 valence electrons. The Bertz CT molecular complexity index is 513. The highest BCUT2D eigenvalue weighted by Crippen LogP contribution is 2.39. The standard InChI is InChI=1S/C16H23N3O3/c1-11-6-7-17-16(18-11)15(12-4-5-12)19-14(20)10-21-9-13-3-2-8-22-13/h6-7,12-13,15H,2-5,8-10H2,1H3,(H,19,20)/t13-,15+/m1/s1. The van der Waals surface area contributed by atoms with E-state index in [4.69, 9.17) is 9.47 Å². The Kier molecular flexibility index (Phi) is 5.00. The number of amides is 1. The van der Waals surface area contributed by atoms with E-state index in [9.17, 15) is 4.79 Å². The van der Waals surface area contributed by atoms with Crippen LogP contribution in [0.3, 0.4) is 0 Å². The molecule has 1 aromatic heterocycles. The van der Waals surface area contributed by atoms with E-state index in [0.29, 0.717) is 18.3 Å². The minimum Gasteiger partial charge on any atom is -0.376 e. The lowest BCUT2D eigenvalue weighted by Crippen LogP contribution is -2.34. The van der Waals surface area contributed by atoms with Crippen molar-refractivity contribution in [3.05, 3.63) is 23.8 Å². The monoisotopic (exact) mass is 305 g/mol. The molecule has 22 heavy (non-hydrogen) atoms. The van der Waals surface area contributed by atoms with Gasteiger partial charge in [0.2, 0.25) is 5.91 Å². The number of aromatic nitrogens is 2. The topological polar surface area (TPSA) is 73.3 Å². The minimum atomic E-state index is -0.111. The van der Waals surface area contributed by atoms with Crippen LogP contribution in [0, 0.1) is 12.8 Å². The summed E-state index contributed by atoms with van der Waals surface area (Å²) in [4.78, 5) is 20.8. The number of nitrogens with one attached hydrogen (secondary N) is 1. The van der Waals surface area contributed by atoms with Gasteiger partial charge in [-0.25, -0.2) is 9.97 Å². The van der Waals surface area contributed by atoms with E-state index in [1.165, 1.54) is 0 Å². The third kappa shape index (κ3) is 4.24. The molecule has 0 unspecified atom stereocenters. The van der Waals surface area contributed by atoms with E-state index in [2.05, 4.69) is 15.3 Å². The number of nitrogens with zero attached hydrogens (tertiary/aromatic N) is 2. The maximum absolute atomic E-state index is 12.1. The Morgan fingerprint density at radius 2 is 2.36 bits per heavy atom. The van der Waals surface area contributed by atoms with Crippen LogP contribution < -0.4 is 5.32 Å². The summed E-state index contributed by atoms with van der Waals surface area (Å²) in [6.07, 6.45) is 6.20. The van der Waals surface area contributed by atoms with Crippen LogP contribution in [0.2, 0.25) is 0 Å². The molecule has 1 aliphatic carbocycles. The van der Waals surface area contributed by atoms with Crippen LogP contribution in [0.5, 0.6) is 0 Å². The molecular weight excluding hydrogens is 282 g/mol. The van der Waals surface area contributed by atoms with Crippen molar-refractivity contribution < 1.29 is 14.3 Å². The Morgan fingerprint density at radius 1 is 1.50 bits per heavy atom. The number of ether oxygens (including phenoxy) is 2. The van der Waals surface area contributed by atoms with Gasteiger partial charge in [-0.3, -0.25) is 4.79 Å². The second-order valence-corrected chi connectivity index (χ2v) is 6.09. The molecular formula is C16H23N3O3. The van der Waals surface area contributed by atoms with Gasteiger partial charge in [-0.2, -0.15) is 0 Å². The van der Waals surface area contributed by atoms with E-state index in [1.807, 2.05) is 13.0 Å². The molecule has 2 atom stereocenters. The van der Waals surface area contributed by atoms with Crippen LogP contribution in [0.4, 0.5) is 0 Å². The van der Waals surface area contributed by atoms with Crippen LogP contribution in [-0.2, 0) is 14.3 Å². The third-order valence-electron chi connectivity index (χ3n) is 4.06. The molecule has 2 fully saturated rings. The summed E-state index contributed by atoms with van der Waals surface area (Å²) in [5, 5.41) is 3.02. The SMILES string of the molecule is Cc1ccnc([C@@H](NC(=O)COC[C@H]2CCCO2)C2CC2)n1. The maximum atomic E-state index is 12.1. The second-order valence-electron chi connectivity index (χ2n) is 6.09. The smallest absolute Gasteiger partial charge is 0.246 e. The largest absolute Gasteiger partial charge is 0.376 e. The number of rotatable bonds is 7. The molecule has 2 aliphatic rings. The van der Waals surface area contributed by atoms with Crippen molar-refractivity contribution >= 4 is 5.91 Å².